The maximum atomic E-state index is 5.81. The Bertz CT molecular complexity index is 808. The fourth-order valence-corrected chi connectivity index (χ4v) is 2.46. The zero-order chi connectivity index (χ0) is 14.8. The van der Waals surface area contributed by atoms with Gasteiger partial charge in [0.1, 0.15) is 17.7 Å². The fourth-order valence-electron chi connectivity index (χ4n) is 2.46. The summed E-state index contributed by atoms with van der Waals surface area (Å²) < 4.78 is 5.81. The molecule has 2 aliphatic heterocycles. The van der Waals surface area contributed by atoms with Crippen LogP contribution >= 0.6 is 0 Å². The van der Waals surface area contributed by atoms with Gasteiger partial charge in [0, 0.05) is 0 Å². The first kappa shape index (κ1) is 15.2. The monoisotopic (exact) mass is 323 g/mol. The minimum absolute atomic E-state index is 0. The number of aliphatic imine (C=N–C) groups is 2. The molecule has 2 heterocycles. The van der Waals surface area contributed by atoms with Gasteiger partial charge in [-0.3, -0.25) is 4.99 Å². The Balaban J connectivity index is 0.00000156. The molecule has 2 aliphatic rings. The highest BCUT2D eigenvalue weighted by molar-refractivity contribution is 5.97. The van der Waals surface area contributed by atoms with E-state index in [4.69, 9.17) is 4.74 Å². The van der Waals surface area contributed by atoms with E-state index in [1.807, 2.05) is 73.2 Å². The zero-order valence-corrected chi connectivity index (χ0v) is 12.9. The van der Waals surface area contributed by atoms with Gasteiger partial charge in [-0.25, -0.2) is 4.90 Å². The molecule has 1 unspecified atom stereocenters. The first-order chi connectivity index (χ1) is 10.9. The standard InChI is InChI=1S/C18H13N3O.ClH/c1-2-4-16(5-3-1)22-17-8-6-14(7-9-17)18-20-13-15-12-19-10-11-21(15)18;/h1-13H;1H. The molecule has 1 atom stereocenters. The summed E-state index contributed by atoms with van der Waals surface area (Å²) in [6.07, 6.45) is 7.47. The van der Waals surface area contributed by atoms with Gasteiger partial charge in [-0.15, -0.1) is 0 Å². The normalized spacial score (nSPS) is 17.8. The van der Waals surface area contributed by atoms with Crippen LogP contribution in [0, 0.1) is 0 Å². The van der Waals surface area contributed by atoms with Crippen LogP contribution in [0.2, 0.25) is 0 Å². The van der Waals surface area contributed by atoms with Crippen molar-refractivity contribution in [2.75, 3.05) is 0 Å². The van der Waals surface area contributed by atoms with Crippen LogP contribution in [-0.4, -0.2) is 12.1 Å². The average Bonchev–Trinajstić information content (AvgIpc) is 3.01. The van der Waals surface area contributed by atoms with Crippen molar-refractivity contribution in [3.63, 3.8) is 0 Å². The lowest BCUT2D eigenvalue weighted by Crippen LogP contribution is -3.08. The van der Waals surface area contributed by atoms with Gasteiger partial charge in [-0.1, -0.05) is 18.2 Å². The van der Waals surface area contributed by atoms with Gasteiger partial charge >= 0.3 is 0 Å². The molecule has 5 heteroatoms. The lowest BCUT2D eigenvalue weighted by Gasteiger charge is -2.13. The molecule has 2 aromatic rings. The van der Waals surface area contributed by atoms with Crippen LogP contribution < -0.4 is 22.0 Å². The maximum Gasteiger partial charge on any atom is 0.243 e. The zero-order valence-electron chi connectivity index (χ0n) is 12.2. The summed E-state index contributed by atoms with van der Waals surface area (Å²) in [5.41, 5.74) is 2.13. The van der Waals surface area contributed by atoms with Crippen molar-refractivity contribution in [2.24, 2.45) is 9.98 Å². The summed E-state index contributed by atoms with van der Waals surface area (Å²) in [5, 5.41) is 0. The van der Waals surface area contributed by atoms with Gasteiger partial charge in [0.2, 0.25) is 5.84 Å². The second-order valence-electron chi connectivity index (χ2n) is 5.01. The van der Waals surface area contributed by atoms with Gasteiger partial charge in [-0.2, -0.15) is 4.99 Å². The number of rotatable bonds is 3. The van der Waals surface area contributed by atoms with Gasteiger partial charge in [0.25, 0.3) is 0 Å². The quantitative estimate of drug-likeness (QED) is 0.814. The Labute approximate surface area is 140 Å². The third-order valence-corrected chi connectivity index (χ3v) is 3.55. The summed E-state index contributed by atoms with van der Waals surface area (Å²) in [6, 6.07) is 17.7. The summed E-state index contributed by atoms with van der Waals surface area (Å²) in [5.74, 6) is 2.62. The molecular formula is C18H14ClN3O. The number of allylic oxidation sites excluding steroid dienone is 1. The highest BCUT2D eigenvalue weighted by atomic mass is 35.5. The first-order valence-electron chi connectivity index (χ1n) is 7.09. The van der Waals surface area contributed by atoms with Crippen molar-refractivity contribution in [2.45, 2.75) is 0 Å². The van der Waals surface area contributed by atoms with E-state index in [0.717, 1.165) is 33.5 Å². The predicted octanol–water partition coefficient (Wildman–Crippen LogP) is -0.475. The summed E-state index contributed by atoms with van der Waals surface area (Å²) >= 11 is 0. The molecule has 0 spiro atoms. The third kappa shape index (κ3) is 3.08. The maximum absolute atomic E-state index is 5.81. The highest BCUT2D eigenvalue weighted by Crippen LogP contribution is 2.21. The second kappa shape index (κ2) is 6.60. The number of benzene rings is 2. The Morgan fingerprint density at radius 2 is 1.61 bits per heavy atom. The van der Waals surface area contributed by atoms with Crippen molar-refractivity contribution in [1.82, 2.24) is 0 Å². The first-order valence-corrected chi connectivity index (χ1v) is 7.09. The molecule has 1 N–H and O–H groups in total. The van der Waals surface area contributed by atoms with E-state index in [1.165, 1.54) is 0 Å². The van der Waals surface area contributed by atoms with Crippen LogP contribution in [0.15, 0.2) is 88.9 Å². The molecule has 2 aromatic carbocycles. The van der Waals surface area contributed by atoms with Crippen molar-refractivity contribution >= 4 is 12.1 Å². The van der Waals surface area contributed by atoms with E-state index >= 15 is 0 Å². The fraction of sp³-hybridized carbons (Fsp3) is 0. The minimum atomic E-state index is 0. The van der Waals surface area contributed by atoms with Crippen LogP contribution in [0.25, 0.3) is 0 Å². The van der Waals surface area contributed by atoms with Gasteiger partial charge in [0.15, 0.2) is 5.70 Å². The van der Waals surface area contributed by atoms with E-state index in [1.54, 1.807) is 6.20 Å². The molecule has 114 valence electrons. The average molecular weight is 324 g/mol. The molecular weight excluding hydrogens is 310 g/mol. The molecule has 4 nitrogen and oxygen atoms in total. The van der Waals surface area contributed by atoms with E-state index in [2.05, 4.69) is 9.98 Å². The van der Waals surface area contributed by atoms with Gasteiger partial charge < -0.3 is 17.1 Å². The van der Waals surface area contributed by atoms with Crippen molar-refractivity contribution in [1.29, 1.82) is 0 Å². The smallest absolute Gasteiger partial charge is 0.243 e. The molecule has 0 saturated heterocycles. The molecule has 4 rings (SSSR count). The summed E-state index contributed by atoms with van der Waals surface area (Å²) in [7, 11) is 0. The number of ether oxygens (including phenoxy) is 1. The summed E-state index contributed by atoms with van der Waals surface area (Å²) in [6.45, 7) is 0. The topological polar surface area (TPSA) is 38.4 Å². The van der Waals surface area contributed by atoms with E-state index in [-0.39, 0.29) is 12.4 Å². The van der Waals surface area contributed by atoms with Crippen molar-refractivity contribution in [3.05, 3.63) is 84.5 Å². The van der Waals surface area contributed by atoms with Crippen LogP contribution in [-0.2, 0) is 0 Å². The molecule has 0 bridgehead atoms. The summed E-state index contributed by atoms with van der Waals surface area (Å²) in [4.78, 5) is 9.74. The number of nitrogens with zero attached hydrogens (tertiary/aromatic N) is 2. The van der Waals surface area contributed by atoms with Crippen molar-refractivity contribution < 1.29 is 22.0 Å². The number of hydrogen-bond acceptors (Lipinski definition) is 3. The number of amidine groups is 1. The van der Waals surface area contributed by atoms with Crippen LogP contribution in [0.1, 0.15) is 5.56 Å². The number of quaternary nitrogens is 1. The molecule has 23 heavy (non-hydrogen) atoms. The highest BCUT2D eigenvalue weighted by Gasteiger charge is 2.27. The number of para-hydroxylation sites is 1. The van der Waals surface area contributed by atoms with E-state index in [0.29, 0.717) is 0 Å². The van der Waals surface area contributed by atoms with Crippen LogP contribution in [0.5, 0.6) is 11.5 Å². The molecule has 0 aliphatic carbocycles. The second-order valence-corrected chi connectivity index (χ2v) is 5.01. The number of nitrogens with one attached hydrogen (secondary N) is 1. The minimum Gasteiger partial charge on any atom is -1.00 e. The Kier molecular flexibility index (Phi) is 4.37. The van der Waals surface area contributed by atoms with Crippen LogP contribution in [0.4, 0.5) is 0 Å². The largest absolute Gasteiger partial charge is 1.00 e. The lowest BCUT2D eigenvalue weighted by molar-refractivity contribution is -0.689. The predicted molar refractivity (Wildman–Crippen MR) is 86.2 cm³/mol. The number of halogens is 1. The van der Waals surface area contributed by atoms with Crippen LogP contribution in [0.3, 0.4) is 0 Å². The lowest BCUT2D eigenvalue weighted by atomic mass is 10.2. The molecule has 0 saturated carbocycles. The Morgan fingerprint density at radius 1 is 0.870 bits per heavy atom. The Hall–Kier alpha value is -2.69. The SMILES string of the molecule is C1=C[NH+]2C(=CN=C2c2ccc(Oc3ccccc3)cc2)C=N1.[Cl-]. The van der Waals surface area contributed by atoms with Crippen molar-refractivity contribution in [3.8, 4) is 11.5 Å². The molecule has 0 aromatic heterocycles. The third-order valence-electron chi connectivity index (χ3n) is 3.55. The molecule has 0 amide bonds. The Morgan fingerprint density at radius 3 is 2.39 bits per heavy atom. The van der Waals surface area contributed by atoms with Gasteiger partial charge in [0.05, 0.1) is 24.2 Å². The van der Waals surface area contributed by atoms with E-state index < -0.39 is 0 Å². The van der Waals surface area contributed by atoms with E-state index in [9.17, 15) is 0 Å². The molecule has 0 fully saturated rings. The number of hydrogen-bond donors (Lipinski definition) is 1. The molecule has 0 radical (unpaired) electrons. The van der Waals surface area contributed by atoms with Gasteiger partial charge in [-0.05, 0) is 36.4 Å². The number of fused-ring (bicyclic) bond motifs is 1.